The van der Waals surface area contributed by atoms with Crippen molar-refractivity contribution in [1.82, 2.24) is 4.90 Å². The average molecular weight is 408 g/mol. The molecule has 0 saturated heterocycles. The highest BCUT2D eigenvalue weighted by Gasteiger charge is 2.25. The predicted molar refractivity (Wildman–Crippen MR) is 109 cm³/mol. The number of nitrogens with zero attached hydrogens (tertiary/aromatic N) is 1. The molecule has 7 heteroatoms. The Labute approximate surface area is 172 Å². The van der Waals surface area contributed by atoms with Crippen molar-refractivity contribution in [3.8, 4) is 5.75 Å². The number of benzene rings is 1. The monoisotopic (exact) mass is 407 g/mol. The molecule has 1 aromatic rings. The molecule has 0 spiro atoms. The summed E-state index contributed by atoms with van der Waals surface area (Å²) in [5, 5.41) is 9.18. The van der Waals surface area contributed by atoms with E-state index in [0.717, 1.165) is 18.4 Å². The topological polar surface area (TPSA) is 85.3 Å². The van der Waals surface area contributed by atoms with Crippen LogP contribution in [0.1, 0.15) is 45.6 Å². The van der Waals surface area contributed by atoms with Gasteiger partial charge in [0.05, 0.1) is 12.6 Å². The van der Waals surface area contributed by atoms with Crippen LogP contribution in [0, 0.1) is 5.92 Å². The molecule has 1 fully saturated rings. The molecular weight excluding hydrogens is 374 g/mol. The standard InChI is InChI=1S/C22H33NO6/c1-4-27-20(21(24)25)14-17-8-10-19(11-9-17)28-13-12-23(15-18-6-5-7-18)22(26)29-16(2)3/h8-11,16,18,20H,4-7,12-15H2,1-3H3,(H,24,25). The Kier molecular flexibility index (Phi) is 9.25. The molecule has 0 bridgehead atoms. The van der Waals surface area contributed by atoms with Crippen LogP contribution >= 0.6 is 0 Å². The largest absolute Gasteiger partial charge is 0.492 e. The van der Waals surface area contributed by atoms with E-state index in [1.54, 1.807) is 11.8 Å². The highest BCUT2D eigenvalue weighted by Crippen LogP contribution is 2.27. The zero-order chi connectivity index (χ0) is 21.2. The van der Waals surface area contributed by atoms with Gasteiger partial charge in [-0.1, -0.05) is 18.6 Å². The van der Waals surface area contributed by atoms with Crippen LogP contribution in [0.2, 0.25) is 0 Å². The molecule has 7 nitrogen and oxygen atoms in total. The number of ether oxygens (including phenoxy) is 3. The van der Waals surface area contributed by atoms with Crippen LogP contribution in [-0.2, 0) is 20.7 Å². The molecule has 0 radical (unpaired) electrons. The van der Waals surface area contributed by atoms with E-state index in [9.17, 15) is 14.7 Å². The summed E-state index contributed by atoms with van der Waals surface area (Å²) < 4.78 is 16.4. The van der Waals surface area contributed by atoms with Gasteiger partial charge in [0.1, 0.15) is 12.4 Å². The smallest absolute Gasteiger partial charge is 0.410 e. The second-order valence-electron chi connectivity index (χ2n) is 7.65. The molecule has 1 aliphatic carbocycles. The minimum absolute atomic E-state index is 0.147. The molecule has 0 aromatic heterocycles. The van der Waals surface area contributed by atoms with Crippen molar-refractivity contribution in [3.05, 3.63) is 29.8 Å². The number of carbonyl (C=O) groups is 2. The summed E-state index contributed by atoms with van der Waals surface area (Å²) in [5.74, 6) is 0.270. The second-order valence-corrected chi connectivity index (χ2v) is 7.65. The molecule has 1 aliphatic rings. The predicted octanol–water partition coefficient (Wildman–Crippen LogP) is 3.74. The normalized spacial score (nSPS) is 14.9. The van der Waals surface area contributed by atoms with Crippen molar-refractivity contribution < 1.29 is 28.9 Å². The maximum absolute atomic E-state index is 12.3. The number of carboxylic acids is 1. The Bertz CT molecular complexity index is 641. The molecule has 1 aromatic carbocycles. The Hall–Kier alpha value is -2.28. The summed E-state index contributed by atoms with van der Waals surface area (Å²) in [7, 11) is 0. The lowest BCUT2D eigenvalue weighted by atomic mass is 9.85. The first kappa shape index (κ1) is 23.0. The molecule has 0 heterocycles. The first-order valence-corrected chi connectivity index (χ1v) is 10.4. The molecule has 1 N–H and O–H groups in total. The van der Waals surface area contributed by atoms with Gasteiger partial charge in [-0.05, 0) is 57.2 Å². The van der Waals surface area contributed by atoms with Crippen LogP contribution in [0.4, 0.5) is 4.79 Å². The van der Waals surface area contributed by atoms with Crippen LogP contribution in [0.3, 0.4) is 0 Å². The summed E-state index contributed by atoms with van der Waals surface area (Å²) in [4.78, 5) is 25.2. The Morgan fingerprint density at radius 1 is 1.21 bits per heavy atom. The Morgan fingerprint density at radius 3 is 2.41 bits per heavy atom. The van der Waals surface area contributed by atoms with Crippen molar-refractivity contribution in [1.29, 1.82) is 0 Å². The summed E-state index contributed by atoms with van der Waals surface area (Å²) in [6.45, 7) is 7.37. The van der Waals surface area contributed by atoms with E-state index in [1.807, 2.05) is 38.1 Å². The fourth-order valence-electron chi connectivity index (χ4n) is 3.15. The Balaban J connectivity index is 1.83. The van der Waals surface area contributed by atoms with E-state index in [-0.39, 0.29) is 12.2 Å². The zero-order valence-electron chi connectivity index (χ0n) is 17.6. The number of amides is 1. The lowest BCUT2D eigenvalue weighted by Gasteiger charge is -2.32. The van der Waals surface area contributed by atoms with E-state index in [4.69, 9.17) is 14.2 Å². The van der Waals surface area contributed by atoms with Crippen molar-refractivity contribution in [3.63, 3.8) is 0 Å². The van der Waals surface area contributed by atoms with Crippen LogP contribution in [0.5, 0.6) is 5.75 Å². The minimum Gasteiger partial charge on any atom is -0.492 e. The van der Waals surface area contributed by atoms with Gasteiger partial charge in [-0.25, -0.2) is 9.59 Å². The van der Waals surface area contributed by atoms with Crippen molar-refractivity contribution in [2.24, 2.45) is 5.92 Å². The third kappa shape index (κ3) is 7.93. The summed E-state index contributed by atoms with van der Waals surface area (Å²) >= 11 is 0. The van der Waals surface area contributed by atoms with Gasteiger partial charge in [0, 0.05) is 19.6 Å². The van der Waals surface area contributed by atoms with Crippen LogP contribution in [0.25, 0.3) is 0 Å². The van der Waals surface area contributed by atoms with Gasteiger partial charge in [0.25, 0.3) is 0 Å². The molecule has 29 heavy (non-hydrogen) atoms. The van der Waals surface area contributed by atoms with E-state index in [2.05, 4.69) is 0 Å². The van der Waals surface area contributed by atoms with Crippen molar-refractivity contribution in [2.75, 3.05) is 26.3 Å². The van der Waals surface area contributed by atoms with Gasteiger partial charge in [0.15, 0.2) is 6.10 Å². The van der Waals surface area contributed by atoms with Gasteiger partial charge in [-0.3, -0.25) is 0 Å². The van der Waals surface area contributed by atoms with Crippen LogP contribution in [0.15, 0.2) is 24.3 Å². The van der Waals surface area contributed by atoms with Gasteiger partial charge >= 0.3 is 12.1 Å². The van der Waals surface area contributed by atoms with Gasteiger partial charge in [-0.2, -0.15) is 0 Å². The highest BCUT2D eigenvalue weighted by molar-refractivity contribution is 5.72. The number of carboxylic acid groups (broad SMARTS) is 1. The number of hydrogen-bond donors (Lipinski definition) is 1. The van der Waals surface area contributed by atoms with Gasteiger partial charge < -0.3 is 24.2 Å². The first-order chi connectivity index (χ1) is 13.9. The molecule has 1 saturated carbocycles. The molecular formula is C22H33NO6. The number of hydrogen-bond acceptors (Lipinski definition) is 5. The molecule has 0 aliphatic heterocycles. The van der Waals surface area contributed by atoms with Gasteiger partial charge in [-0.15, -0.1) is 0 Å². The van der Waals surface area contributed by atoms with Crippen LogP contribution < -0.4 is 4.74 Å². The quantitative estimate of drug-likeness (QED) is 0.568. The first-order valence-electron chi connectivity index (χ1n) is 10.4. The summed E-state index contributed by atoms with van der Waals surface area (Å²) in [5.41, 5.74) is 0.866. The average Bonchev–Trinajstić information content (AvgIpc) is 2.63. The third-order valence-electron chi connectivity index (χ3n) is 4.92. The third-order valence-corrected chi connectivity index (χ3v) is 4.92. The number of aliphatic carboxylic acids is 1. The van der Waals surface area contributed by atoms with Crippen molar-refractivity contribution >= 4 is 12.1 Å². The fourth-order valence-corrected chi connectivity index (χ4v) is 3.15. The second kappa shape index (κ2) is 11.7. The van der Waals surface area contributed by atoms with E-state index < -0.39 is 12.1 Å². The molecule has 162 valence electrons. The number of carbonyl (C=O) groups excluding carboxylic acids is 1. The fraction of sp³-hybridized carbons (Fsp3) is 0.636. The van der Waals surface area contributed by atoms with Crippen LogP contribution in [-0.4, -0.2) is 60.6 Å². The lowest BCUT2D eigenvalue weighted by Crippen LogP contribution is -2.41. The van der Waals surface area contributed by atoms with Gasteiger partial charge in [0.2, 0.25) is 0 Å². The lowest BCUT2D eigenvalue weighted by molar-refractivity contribution is -0.149. The maximum atomic E-state index is 12.3. The van der Waals surface area contributed by atoms with Crippen molar-refractivity contribution in [2.45, 2.75) is 58.7 Å². The molecule has 1 amide bonds. The minimum atomic E-state index is -0.966. The number of rotatable bonds is 12. The Morgan fingerprint density at radius 2 is 1.90 bits per heavy atom. The summed E-state index contributed by atoms with van der Waals surface area (Å²) in [6.07, 6.45) is 2.57. The molecule has 1 atom stereocenters. The molecule has 2 rings (SSSR count). The zero-order valence-corrected chi connectivity index (χ0v) is 17.6. The highest BCUT2D eigenvalue weighted by atomic mass is 16.6. The summed E-state index contributed by atoms with van der Waals surface area (Å²) in [6, 6.07) is 7.29. The molecule has 1 unspecified atom stereocenters. The maximum Gasteiger partial charge on any atom is 0.410 e. The SMILES string of the molecule is CCOC(Cc1ccc(OCCN(CC2CCC2)C(=O)OC(C)C)cc1)C(=O)O. The van der Waals surface area contributed by atoms with E-state index >= 15 is 0 Å². The van der Waals surface area contributed by atoms with E-state index in [0.29, 0.717) is 44.4 Å². The van der Waals surface area contributed by atoms with E-state index in [1.165, 1.54) is 6.42 Å².